The molecule has 0 spiro atoms. The lowest BCUT2D eigenvalue weighted by atomic mass is 10.0. The molecule has 0 amide bonds. The van der Waals surface area contributed by atoms with E-state index in [9.17, 15) is 0 Å². The molecule has 2 N–H and O–H groups in total. The Morgan fingerprint density at radius 2 is 2.11 bits per heavy atom. The van der Waals surface area contributed by atoms with E-state index in [0.717, 1.165) is 6.42 Å². The molecule has 1 aliphatic heterocycles. The van der Waals surface area contributed by atoms with E-state index in [2.05, 4.69) is 43.9 Å². The van der Waals surface area contributed by atoms with Crippen molar-refractivity contribution in [2.24, 2.45) is 5.73 Å². The number of nitrogens with two attached hydrogens (primary N) is 1. The lowest BCUT2D eigenvalue weighted by Gasteiger charge is -2.32. The minimum Gasteiger partial charge on any atom is -0.369 e. The largest absolute Gasteiger partial charge is 0.369 e. The highest BCUT2D eigenvalue weighted by molar-refractivity contribution is 5.56. The van der Waals surface area contributed by atoms with Gasteiger partial charge in [0, 0.05) is 24.3 Å². The van der Waals surface area contributed by atoms with Crippen LogP contribution in [0.3, 0.4) is 0 Å². The van der Waals surface area contributed by atoms with Crippen LogP contribution in [-0.4, -0.2) is 18.6 Å². The van der Waals surface area contributed by atoms with Gasteiger partial charge in [-0.15, -0.1) is 0 Å². The van der Waals surface area contributed by atoms with Crippen LogP contribution in [0.4, 0.5) is 5.69 Å². The average Bonchev–Trinajstić information content (AvgIpc) is 2.54. The normalized spacial score (nSPS) is 22.1. The Balaban J connectivity index is 2.30. The Hall–Kier alpha value is -1.02. The van der Waals surface area contributed by atoms with Crippen LogP contribution in [0.1, 0.15) is 50.7 Å². The van der Waals surface area contributed by atoms with E-state index >= 15 is 0 Å². The minimum atomic E-state index is 0.225. The number of aryl methyl sites for hydroxylation is 1. The first-order valence-corrected chi connectivity index (χ1v) is 7.69. The molecule has 2 unspecified atom stereocenters. The molecule has 1 fully saturated rings. The molecule has 2 nitrogen and oxygen atoms in total. The Bertz CT molecular complexity index is 412. The molecule has 1 saturated heterocycles. The molecule has 0 radical (unpaired) electrons. The maximum absolute atomic E-state index is 6.02. The van der Waals surface area contributed by atoms with Crippen molar-refractivity contribution in [2.45, 2.75) is 65.0 Å². The molecular weight excluding hydrogens is 232 g/mol. The summed E-state index contributed by atoms with van der Waals surface area (Å²) >= 11 is 0. The van der Waals surface area contributed by atoms with E-state index < -0.39 is 0 Å². The Kier molecular flexibility index (Phi) is 4.87. The van der Waals surface area contributed by atoms with E-state index in [-0.39, 0.29) is 6.04 Å². The zero-order chi connectivity index (χ0) is 13.8. The van der Waals surface area contributed by atoms with Gasteiger partial charge >= 0.3 is 0 Å². The van der Waals surface area contributed by atoms with Gasteiger partial charge in [0.15, 0.2) is 0 Å². The highest BCUT2D eigenvalue weighted by Gasteiger charge is 2.19. The number of hydrogen-bond acceptors (Lipinski definition) is 2. The Morgan fingerprint density at radius 3 is 2.84 bits per heavy atom. The third-order valence-corrected chi connectivity index (χ3v) is 4.14. The zero-order valence-electron chi connectivity index (χ0n) is 12.7. The highest BCUT2D eigenvalue weighted by atomic mass is 15.2. The van der Waals surface area contributed by atoms with Gasteiger partial charge in [0.05, 0.1) is 0 Å². The molecule has 2 rings (SSSR count). The molecule has 1 heterocycles. The first-order valence-electron chi connectivity index (χ1n) is 7.69. The second kappa shape index (κ2) is 6.42. The van der Waals surface area contributed by atoms with Crippen LogP contribution in [0.25, 0.3) is 0 Å². The van der Waals surface area contributed by atoms with Crippen molar-refractivity contribution in [3.63, 3.8) is 0 Å². The van der Waals surface area contributed by atoms with Crippen LogP contribution in [0.15, 0.2) is 18.2 Å². The fraction of sp³-hybridized carbons (Fsp3) is 0.647. The van der Waals surface area contributed by atoms with Gasteiger partial charge < -0.3 is 10.6 Å². The maximum atomic E-state index is 6.02. The van der Waals surface area contributed by atoms with E-state index in [0.29, 0.717) is 6.04 Å². The lowest BCUT2D eigenvalue weighted by Crippen LogP contribution is -2.33. The molecule has 106 valence electrons. The predicted molar refractivity (Wildman–Crippen MR) is 83.8 cm³/mol. The van der Waals surface area contributed by atoms with Crippen molar-refractivity contribution in [1.82, 2.24) is 0 Å². The fourth-order valence-corrected chi connectivity index (χ4v) is 3.14. The average molecular weight is 260 g/mol. The third-order valence-electron chi connectivity index (χ3n) is 4.14. The molecule has 2 heteroatoms. The fourth-order valence-electron chi connectivity index (χ4n) is 3.14. The van der Waals surface area contributed by atoms with Crippen molar-refractivity contribution in [3.8, 4) is 0 Å². The molecule has 1 aliphatic rings. The van der Waals surface area contributed by atoms with Crippen molar-refractivity contribution in [2.75, 3.05) is 11.4 Å². The summed E-state index contributed by atoms with van der Waals surface area (Å²) in [5, 5.41) is 0. The van der Waals surface area contributed by atoms with Crippen LogP contribution >= 0.6 is 0 Å². The monoisotopic (exact) mass is 260 g/mol. The molecule has 0 aliphatic carbocycles. The topological polar surface area (TPSA) is 29.3 Å². The molecule has 2 atom stereocenters. The SMILES string of the molecule is Cc1ccc(N2CCCCCC2C)c(CC(C)N)c1. The van der Waals surface area contributed by atoms with Crippen molar-refractivity contribution < 1.29 is 0 Å². The van der Waals surface area contributed by atoms with Gasteiger partial charge in [-0.3, -0.25) is 0 Å². The van der Waals surface area contributed by atoms with E-state index in [1.54, 1.807) is 0 Å². The highest BCUT2D eigenvalue weighted by Crippen LogP contribution is 2.28. The first kappa shape index (κ1) is 14.4. The Labute approximate surface area is 118 Å². The maximum Gasteiger partial charge on any atom is 0.0401 e. The molecule has 0 saturated carbocycles. The zero-order valence-corrected chi connectivity index (χ0v) is 12.7. The summed E-state index contributed by atoms with van der Waals surface area (Å²) < 4.78 is 0. The van der Waals surface area contributed by atoms with Gasteiger partial charge in [-0.1, -0.05) is 30.5 Å². The van der Waals surface area contributed by atoms with Gasteiger partial charge in [-0.05, 0) is 51.7 Å². The van der Waals surface area contributed by atoms with E-state index in [1.807, 2.05) is 0 Å². The standard InChI is InChI=1S/C17H28N2/c1-13-8-9-17(16(11-13)12-14(2)18)19-10-6-4-5-7-15(19)3/h8-9,11,14-15H,4-7,10,12,18H2,1-3H3. The summed E-state index contributed by atoms with van der Waals surface area (Å²) in [5.74, 6) is 0. The van der Waals surface area contributed by atoms with Gasteiger partial charge in [-0.2, -0.15) is 0 Å². The van der Waals surface area contributed by atoms with Crippen LogP contribution in [-0.2, 0) is 6.42 Å². The number of benzene rings is 1. The molecule has 1 aromatic carbocycles. The second-order valence-electron chi connectivity index (χ2n) is 6.21. The minimum absolute atomic E-state index is 0.225. The predicted octanol–water partition coefficient (Wildman–Crippen LogP) is 3.65. The van der Waals surface area contributed by atoms with E-state index in [4.69, 9.17) is 5.73 Å². The molecule has 0 bridgehead atoms. The lowest BCUT2D eigenvalue weighted by molar-refractivity contribution is 0.612. The summed E-state index contributed by atoms with van der Waals surface area (Å²) in [4.78, 5) is 2.60. The molecular formula is C17H28N2. The quantitative estimate of drug-likeness (QED) is 0.899. The molecule has 19 heavy (non-hydrogen) atoms. The van der Waals surface area contributed by atoms with Crippen molar-refractivity contribution >= 4 is 5.69 Å². The number of anilines is 1. The smallest absolute Gasteiger partial charge is 0.0401 e. The van der Waals surface area contributed by atoms with Gasteiger partial charge in [0.25, 0.3) is 0 Å². The summed E-state index contributed by atoms with van der Waals surface area (Å²) in [5.41, 5.74) is 10.2. The van der Waals surface area contributed by atoms with Crippen LogP contribution < -0.4 is 10.6 Å². The van der Waals surface area contributed by atoms with Crippen LogP contribution in [0.5, 0.6) is 0 Å². The summed E-state index contributed by atoms with van der Waals surface area (Å²) in [6.45, 7) is 7.81. The number of hydrogen-bond donors (Lipinski definition) is 1. The van der Waals surface area contributed by atoms with Crippen LogP contribution in [0, 0.1) is 6.92 Å². The van der Waals surface area contributed by atoms with Crippen molar-refractivity contribution in [1.29, 1.82) is 0 Å². The third kappa shape index (κ3) is 3.73. The molecule has 0 aromatic heterocycles. The Morgan fingerprint density at radius 1 is 1.32 bits per heavy atom. The first-order chi connectivity index (χ1) is 9.08. The number of nitrogens with zero attached hydrogens (tertiary/aromatic N) is 1. The van der Waals surface area contributed by atoms with E-state index in [1.165, 1.54) is 49.0 Å². The van der Waals surface area contributed by atoms with Gasteiger partial charge in [0.1, 0.15) is 0 Å². The number of rotatable bonds is 3. The summed E-state index contributed by atoms with van der Waals surface area (Å²) in [6, 6.07) is 7.72. The second-order valence-corrected chi connectivity index (χ2v) is 6.21. The van der Waals surface area contributed by atoms with Crippen molar-refractivity contribution in [3.05, 3.63) is 29.3 Å². The summed E-state index contributed by atoms with van der Waals surface area (Å²) in [6.07, 6.45) is 6.34. The van der Waals surface area contributed by atoms with Gasteiger partial charge in [0.2, 0.25) is 0 Å². The summed E-state index contributed by atoms with van der Waals surface area (Å²) in [7, 11) is 0. The van der Waals surface area contributed by atoms with Crippen LogP contribution in [0.2, 0.25) is 0 Å². The molecule has 1 aromatic rings. The van der Waals surface area contributed by atoms with Gasteiger partial charge in [-0.25, -0.2) is 0 Å².